The van der Waals surface area contributed by atoms with Gasteiger partial charge in [-0.15, -0.1) is 4.94 Å². The zero-order valence-electron chi connectivity index (χ0n) is 18.4. The number of fused-ring (bicyclic) bond motifs is 1. The lowest BCUT2D eigenvalue weighted by atomic mass is 9.89. The number of alkyl halides is 2. The van der Waals surface area contributed by atoms with E-state index in [1.54, 1.807) is 12.1 Å². The maximum Gasteiger partial charge on any atom is 0.414 e. The Morgan fingerprint density at radius 1 is 1.03 bits per heavy atom. The molecule has 0 saturated carbocycles. The fourth-order valence-corrected chi connectivity index (χ4v) is 5.27. The molecular weight excluding hydrogens is 483 g/mol. The van der Waals surface area contributed by atoms with Crippen molar-refractivity contribution in [2.75, 3.05) is 4.72 Å². The molecule has 0 aromatic heterocycles. The van der Waals surface area contributed by atoms with E-state index in [0.29, 0.717) is 10.7 Å². The van der Waals surface area contributed by atoms with E-state index < -0.39 is 22.7 Å². The number of hydrogen-bond donors (Lipinski definition) is 1. The monoisotopic (exact) mass is 503 g/mol. The Morgan fingerprint density at radius 2 is 1.74 bits per heavy atom. The number of rotatable bonds is 7. The predicted octanol–water partition coefficient (Wildman–Crippen LogP) is 8.12. The maximum atomic E-state index is 13.8. The average molecular weight is 504 g/mol. The summed E-state index contributed by atoms with van der Waals surface area (Å²) in [6, 6.07) is 20.1. The lowest BCUT2D eigenvalue weighted by Crippen LogP contribution is -2.18. The third-order valence-corrected chi connectivity index (χ3v) is 7.15. The highest BCUT2D eigenvalue weighted by Gasteiger charge is 2.38. The highest BCUT2D eigenvalue weighted by atomic mass is 35.5. The van der Waals surface area contributed by atoms with Crippen LogP contribution in [-0.2, 0) is 28.5 Å². The van der Waals surface area contributed by atoms with E-state index in [2.05, 4.69) is 29.6 Å². The van der Waals surface area contributed by atoms with E-state index in [9.17, 15) is 17.5 Å². The van der Waals surface area contributed by atoms with Crippen molar-refractivity contribution in [1.29, 1.82) is 0 Å². The minimum atomic E-state index is -4.21. The van der Waals surface area contributed by atoms with E-state index >= 15 is 0 Å². The van der Waals surface area contributed by atoms with Gasteiger partial charge in [0.2, 0.25) is 0 Å². The van der Waals surface area contributed by atoms with Crippen molar-refractivity contribution >= 4 is 39.0 Å². The Hall–Kier alpha value is -2.87. The Kier molecular flexibility index (Phi) is 6.98. The molecule has 8 heteroatoms. The smallest absolute Gasteiger partial charge is 0.301 e. The predicted molar refractivity (Wildman–Crippen MR) is 131 cm³/mol. The zero-order valence-corrected chi connectivity index (χ0v) is 19.9. The van der Waals surface area contributed by atoms with Crippen LogP contribution in [0.1, 0.15) is 23.6 Å². The van der Waals surface area contributed by atoms with Crippen molar-refractivity contribution in [2.45, 2.75) is 31.3 Å². The molecule has 4 aromatic carbocycles. The molecule has 0 aliphatic heterocycles. The molecule has 4 aromatic rings. The first kappa shape index (κ1) is 24.3. The van der Waals surface area contributed by atoms with Crippen LogP contribution in [0.25, 0.3) is 21.9 Å². The molecule has 0 fully saturated rings. The molecule has 176 valence electrons. The molecule has 0 saturated heterocycles. The van der Waals surface area contributed by atoms with E-state index in [1.165, 1.54) is 23.8 Å². The van der Waals surface area contributed by atoms with E-state index in [-0.39, 0.29) is 4.90 Å². The Balaban J connectivity index is 1.69. The number of anilines is 1. The summed E-state index contributed by atoms with van der Waals surface area (Å²) in [5.74, 6) is 0. The van der Waals surface area contributed by atoms with Crippen molar-refractivity contribution in [3.63, 3.8) is 0 Å². The summed E-state index contributed by atoms with van der Waals surface area (Å²) in [4.78, 5) is 2.52. The molecule has 1 atom stereocenters. The minimum Gasteiger partial charge on any atom is -0.301 e. The van der Waals surface area contributed by atoms with Crippen LogP contribution in [0.2, 0.25) is 5.02 Å². The molecule has 1 N–H and O–H groups in total. The third kappa shape index (κ3) is 4.69. The summed E-state index contributed by atoms with van der Waals surface area (Å²) in [6.07, 6.45) is -3.33. The van der Waals surface area contributed by atoms with Crippen LogP contribution in [-0.4, -0.2) is 4.21 Å². The van der Waals surface area contributed by atoms with Gasteiger partial charge in [0.15, 0.2) is 11.0 Å². The number of halogens is 4. The normalized spacial score (nSPS) is 12.6. The fourth-order valence-electron chi connectivity index (χ4n) is 4.05. The van der Waals surface area contributed by atoms with Crippen LogP contribution in [0.15, 0.2) is 77.7 Å². The second-order valence-corrected chi connectivity index (χ2v) is 9.41. The summed E-state index contributed by atoms with van der Waals surface area (Å²) in [5.41, 5.74) is 4.00. The van der Waals surface area contributed by atoms with Crippen LogP contribution in [0.3, 0.4) is 0 Å². The van der Waals surface area contributed by atoms with Gasteiger partial charge in [-0.1, -0.05) is 54.9 Å². The van der Waals surface area contributed by atoms with E-state index in [0.717, 1.165) is 39.9 Å². The van der Waals surface area contributed by atoms with Gasteiger partial charge < -0.3 is 4.72 Å². The van der Waals surface area contributed by atoms with Gasteiger partial charge in [-0.05, 0) is 87.3 Å². The van der Waals surface area contributed by atoms with Crippen LogP contribution >= 0.6 is 11.6 Å². The summed E-state index contributed by atoms with van der Waals surface area (Å²) in [7, 11) is -2.07. The second-order valence-electron chi connectivity index (χ2n) is 7.79. The van der Waals surface area contributed by atoms with Crippen molar-refractivity contribution in [1.82, 2.24) is 0 Å². The first-order chi connectivity index (χ1) is 16.2. The van der Waals surface area contributed by atoms with Crippen LogP contribution < -0.4 is 4.72 Å². The van der Waals surface area contributed by atoms with E-state index in [4.69, 9.17) is 11.6 Å². The fraction of sp³-hybridized carbons (Fsp3) is 0.154. The summed E-state index contributed by atoms with van der Waals surface area (Å²) in [5, 5.41) is 2.74. The van der Waals surface area contributed by atoms with Gasteiger partial charge >= 0.3 is 6.11 Å². The highest BCUT2D eigenvalue weighted by molar-refractivity contribution is 7.86. The molecule has 0 heterocycles. The van der Waals surface area contributed by atoms with Crippen LogP contribution in [0, 0.1) is 6.92 Å². The Labute approximate surface area is 203 Å². The van der Waals surface area contributed by atoms with Crippen molar-refractivity contribution in [3.8, 4) is 11.1 Å². The molecule has 0 aliphatic carbocycles. The van der Waals surface area contributed by atoms with Crippen molar-refractivity contribution in [3.05, 3.63) is 94.5 Å². The standard InChI is InChI=1S/C26H21ClF3NO2S/c1-3-17-14-19-8-11-20(27)15-22(19)25(16(17)2)18-9-12-21(13-10-18)31-34(32)24-7-5-4-6-23(24)26(28,29)33-30/h4-15,31H,3H2,1-2H3. The SMILES string of the molecule is CCc1cc2ccc(Cl)cc2c(-c2ccc(NS(=O)c3ccccc3C(F)(F)OF)cc2)c1C. The molecule has 0 aliphatic rings. The second kappa shape index (κ2) is 9.78. The number of aryl methyl sites for hydroxylation is 1. The minimum absolute atomic E-state index is 0.277. The van der Waals surface area contributed by atoms with Crippen molar-refractivity contribution < 1.29 is 22.5 Å². The van der Waals surface area contributed by atoms with Gasteiger partial charge in [0.25, 0.3) is 0 Å². The molecule has 0 radical (unpaired) electrons. The first-order valence-corrected chi connectivity index (χ1v) is 12.1. The maximum absolute atomic E-state index is 13.8. The van der Waals surface area contributed by atoms with Crippen LogP contribution in [0.4, 0.5) is 19.0 Å². The number of benzene rings is 4. The van der Waals surface area contributed by atoms with Gasteiger partial charge in [0.05, 0.1) is 10.5 Å². The number of hydrogen-bond acceptors (Lipinski definition) is 2. The Morgan fingerprint density at radius 3 is 2.41 bits per heavy atom. The quantitative estimate of drug-likeness (QED) is 0.276. The molecule has 1 unspecified atom stereocenters. The summed E-state index contributed by atoms with van der Waals surface area (Å²) < 4.78 is 55.4. The summed E-state index contributed by atoms with van der Waals surface area (Å²) >= 11 is 6.27. The third-order valence-electron chi connectivity index (χ3n) is 5.73. The van der Waals surface area contributed by atoms with Crippen LogP contribution in [0.5, 0.6) is 0 Å². The summed E-state index contributed by atoms with van der Waals surface area (Å²) in [6.45, 7) is 4.17. The van der Waals surface area contributed by atoms with Gasteiger partial charge in [0, 0.05) is 10.7 Å². The number of nitrogens with one attached hydrogen (secondary N) is 1. The molecule has 3 nitrogen and oxygen atoms in total. The lowest BCUT2D eigenvalue weighted by Gasteiger charge is -2.17. The van der Waals surface area contributed by atoms with Gasteiger partial charge in [0.1, 0.15) is 0 Å². The molecule has 4 rings (SSSR count). The van der Waals surface area contributed by atoms with Gasteiger partial charge in [-0.2, -0.15) is 8.78 Å². The lowest BCUT2D eigenvalue weighted by molar-refractivity contribution is -0.365. The molecule has 0 spiro atoms. The zero-order chi connectivity index (χ0) is 24.5. The molecular formula is C26H21ClF3NO2S. The van der Waals surface area contributed by atoms with E-state index in [1.807, 2.05) is 30.3 Å². The average Bonchev–Trinajstić information content (AvgIpc) is 2.84. The van der Waals surface area contributed by atoms with Crippen molar-refractivity contribution in [2.24, 2.45) is 0 Å². The van der Waals surface area contributed by atoms with Gasteiger partial charge in [-0.3, -0.25) is 0 Å². The Bertz CT molecular complexity index is 1380. The van der Waals surface area contributed by atoms with Gasteiger partial charge in [-0.25, -0.2) is 4.21 Å². The molecule has 0 bridgehead atoms. The largest absolute Gasteiger partial charge is 0.414 e. The molecule has 34 heavy (non-hydrogen) atoms. The molecule has 0 amide bonds. The highest BCUT2D eigenvalue weighted by Crippen LogP contribution is 2.37. The first-order valence-electron chi connectivity index (χ1n) is 10.5. The topological polar surface area (TPSA) is 38.3 Å².